The zero-order valence-electron chi connectivity index (χ0n) is 11.7. The van der Waals surface area contributed by atoms with Crippen LogP contribution in [0.5, 0.6) is 0 Å². The number of nitrogens with zero attached hydrogens (tertiary/aromatic N) is 3. The minimum absolute atomic E-state index is 0.143. The van der Waals surface area contributed by atoms with Gasteiger partial charge in [0.05, 0.1) is 18.5 Å². The number of aromatic nitrogens is 2. The van der Waals surface area contributed by atoms with Crippen molar-refractivity contribution in [1.82, 2.24) is 14.5 Å². The number of likely N-dealkylation sites (tertiary alicyclic amines) is 1. The Balaban J connectivity index is 2.07. The number of amides is 1. The summed E-state index contributed by atoms with van der Waals surface area (Å²) in [6.07, 6.45) is 2.39. The van der Waals surface area contributed by atoms with Gasteiger partial charge in [-0.05, 0) is 12.1 Å². The van der Waals surface area contributed by atoms with E-state index in [1.165, 1.54) is 24.4 Å². The van der Waals surface area contributed by atoms with Crippen LogP contribution in [0, 0.1) is 0 Å². The second-order valence-electron chi connectivity index (χ2n) is 4.99. The number of carbonyl (C=O) groups is 2. The fourth-order valence-corrected chi connectivity index (χ4v) is 2.52. The second-order valence-corrected chi connectivity index (χ2v) is 4.99. The summed E-state index contributed by atoms with van der Waals surface area (Å²) in [5.41, 5.74) is -0.458. The fraction of sp³-hybridized carbons (Fsp3) is 0.286. The van der Waals surface area contributed by atoms with Crippen LogP contribution in [-0.4, -0.2) is 51.8 Å². The molecule has 1 aliphatic heterocycles. The molecule has 0 unspecified atom stereocenters. The Kier molecular flexibility index (Phi) is 3.28. The minimum atomic E-state index is -1.28. The third-order valence-corrected chi connectivity index (χ3v) is 3.71. The van der Waals surface area contributed by atoms with E-state index >= 15 is 0 Å². The van der Waals surface area contributed by atoms with Crippen LogP contribution in [0.1, 0.15) is 16.4 Å². The van der Waals surface area contributed by atoms with Crippen molar-refractivity contribution >= 4 is 23.1 Å². The molecular formula is C14H13N3O5. The Bertz CT molecular complexity index is 823. The summed E-state index contributed by atoms with van der Waals surface area (Å²) in [4.78, 5) is 40.5. The molecule has 22 heavy (non-hydrogen) atoms. The molecule has 0 radical (unpaired) electrons. The number of methoxy groups -OCH3 is 1. The molecule has 2 aromatic rings. The fourth-order valence-electron chi connectivity index (χ4n) is 2.52. The highest BCUT2D eigenvalue weighted by molar-refractivity contribution is 5.91. The van der Waals surface area contributed by atoms with Crippen LogP contribution < -0.4 is 5.43 Å². The molecule has 0 atom stereocenters. The van der Waals surface area contributed by atoms with Crippen molar-refractivity contribution in [2.24, 2.45) is 0 Å². The normalized spacial score (nSPS) is 14.7. The van der Waals surface area contributed by atoms with E-state index in [0.29, 0.717) is 18.7 Å². The van der Waals surface area contributed by atoms with Crippen molar-refractivity contribution in [3.8, 4) is 0 Å². The molecule has 3 heterocycles. The quantitative estimate of drug-likeness (QED) is 0.877. The summed E-state index contributed by atoms with van der Waals surface area (Å²) in [6.45, 7) is 0.751. The number of hydrogen-bond donors (Lipinski definition) is 1. The highest BCUT2D eigenvalue weighted by Crippen LogP contribution is 2.24. The zero-order chi connectivity index (χ0) is 15.9. The highest BCUT2D eigenvalue weighted by Gasteiger charge is 2.33. The predicted octanol–water partition coefficient (Wildman–Crippen LogP) is 0.718. The molecule has 0 spiro atoms. The van der Waals surface area contributed by atoms with Crippen molar-refractivity contribution in [3.63, 3.8) is 0 Å². The molecule has 114 valence electrons. The maximum atomic E-state index is 12.2. The summed E-state index contributed by atoms with van der Waals surface area (Å²) in [7, 11) is 1.30. The maximum Gasteiger partial charge on any atom is 0.409 e. The summed E-state index contributed by atoms with van der Waals surface area (Å²) < 4.78 is 6.26. The van der Waals surface area contributed by atoms with Gasteiger partial charge in [0.1, 0.15) is 11.2 Å². The molecule has 0 aliphatic carbocycles. The standard InChI is InChI=1S/C14H13N3O5/c1-22-14(21)16-5-8(6-16)17-7-10(13(19)20)11(18)9-3-2-4-15-12(9)17/h2-4,7-8H,5-6H2,1H3,(H,19,20). The van der Waals surface area contributed by atoms with Crippen molar-refractivity contribution in [1.29, 1.82) is 0 Å². The first-order chi connectivity index (χ1) is 10.5. The van der Waals surface area contributed by atoms with E-state index in [-0.39, 0.29) is 17.0 Å². The lowest BCUT2D eigenvalue weighted by Crippen LogP contribution is -2.51. The smallest absolute Gasteiger partial charge is 0.409 e. The number of aromatic carboxylic acids is 1. The second kappa shape index (κ2) is 5.14. The van der Waals surface area contributed by atoms with E-state index in [9.17, 15) is 19.5 Å². The van der Waals surface area contributed by atoms with Gasteiger partial charge in [0.15, 0.2) is 0 Å². The van der Waals surface area contributed by atoms with Crippen LogP contribution in [0.25, 0.3) is 11.0 Å². The van der Waals surface area contributed by atoms with Gasteiger partial charge in [0, 0.05) is 25.5 Å². The molecular weight excluding hydrogens is 290 g/mol. The zero-order valence-corrected chi connectivity index (χ0v) is 11.7. The van der Waals surface area contributed by atoms with Crippen LogP contribution in [0.15, 0.2) is 29.3 Å². The molecule has 0 bridgehead atoms. The van der Waals surface area contributed by atoms with Crippen molar-refractivity contribution in [2.75, 3.05) is 20.2 Å². The lowest BCUT2D eigenvalue weighted by molar-refractivity contribution is 0.0675. The summed E-state index contributed by atoms with van der Waals surface area (Å²) in [6, 6.07) is 2.99. The van der Waals surface area contributed by atoms with Gasteiger partial charge in [-0.25, -0.2) is 14.6 Å². The number of carboxylic acid groups (broad SMARTS) is 1. The summed E-state index contributed by atoms with van der Waals surface area (Å²) in [5, 5.41) is 9.43. The molecule has 1 amide bonds. The Morgan fingerprint density at radius 1 is 1.41 bits per heavy atom. The number of carbonyl (C=O) groups excluding carboxylic acids is 1. The monoisotopic (exact) mass is 303 g/mol. The predicted molar refractivity (Wildman–Crippen MR) is 76.0 cm³/mol. The Morgan fingerprint density at radius 3 is 2.77 bits per heavy atom. The summed E-state index contributed by atoms with van der Waals surface area (Å²) in [5.74, 6) is -1.28. The minimum Gasteiger partial charge on any atom is -0.477 e. The van der Waals surface area contributed by atoms with E-state index in [4.69, 9.17) is 0 Å². The van der Waals surface area contributed by atoms with Gasteiger partial charge in [-0.15, -0.1) is 0 Å². The van der Waals surface area contributed by atoms with E-state index in [1.54, 1.807) is 16.7 Å². The van der Waals surface area contributed by atoms with E-state index in [0.717, 1.165) is 0 Å². The largest absolute Gasteiger partial charge is 0.477 e. The van der Waals surface area contributed by atoms with Crippen molar-refractivity contribution in [2.45, 2.75) is 6.04 Å². The van der Waals surface area contributed by atoms with Gasteiger partial charge in [-0.2, -0.15) is 0 Å². The average Bonchev–Trinajstić information content (AvgIpc) is 2.47. The van der Waals surface area contributed by atoms with Gasteiger partial charge in [-0.3, -0.25) is 4.79 Å². The first-order valence-corrected chi connectivity index (χ1v) is 6.59. The van der Waals surface area contributed by atoms with Crippen LogP contribution in [0.2, 0.25) is 0 Å². The number of pyridine rings is 2. The van der Waals surface area contributed by atoms with Gasteiger partial charge < -0.3 is 19.3 Å². The molecule has 8 heteroatoms. The third kappa shape index (κ3) is 2.09. The molecule has 1 saturated heterocycles. The average molecular weight is 303 g/mol. The Morgan fingerprint density at radius 2 is 2.14 bits per heavy atom. The maximum absolute atomic E-state index is 12.2. The first kappa shape index (κ1) is 14.1. The molecule has 2 aromatic heterocycles. The number of hydrogen-bond acceptors (Lipinski definition) is 5. The number of rotatable bonds is 2. The molecule has 1 aliphatic rings. The number of fused-ring (bicyclic) bond motifs is 1. The first-order valence-electron chi connectivity index (χ1n) is 6.59. The third-order valence-electron chi connectivity index (χ3n) is 3.71. The molecule has 0 aromatic carbocycles. The van der Waals surface area contributed by atoms with Crippen LogP contribution in [-0.2, 0) is 4.74 Å². The van der Waals surface area contributed by atoms with Crippen LogP contribution in [0.4, 0.5) is 4.79 Å². The molecule has 3 rings (SSSR count). The lowest BCUT2D eigenvalue weighted by Gasteiger charge is -2.39. The highest BCUT2D eigenvalue weighted by atomic mass is 16.5. The van der Waals surface area contributed by atoms with Crippen molar-refractivity contribution < 1.29 is 19.4 Å². The number of carboxylic acids is 1. The molecule has 0 saturated carbocycles. The molecule has 1 N–H and O–H groups in total. The molecule has 8 nitrogen and oxygen atoms in total. The topological polar surface area (TPSA) is 102 Å². The molecule has 1 fully saturated rings. The summed E-state index contributed by atoms with van der Waals surface area (Å²) >= 11 is 0. The van der Waals surface area contributed by atoms with Crippen LogP contribution in [0.3, 0.4) is 0 Å². The van der Waals surface area contributed by atoms with Gasteiger partial charge in [0.25, 0.3) is 0 Å². The van der Waals surface area contributed by atoms with E-state index in [1.807, 2.05) is 0 Å². The van der Waals surface area contributed by atoms with Crippen molar-refractivity contribution in [3.05, 3.63) is 40.3 Å². The van der Waals surface area contributed by atoms with Gasteiger partial charge in [0.2, 0.25) is 5.43 Å². The number of ether oxygens (including phenoxy) is 1. The Hall–Kier alpha value is -2.90. The Labute approximate surface area is 124 Å². The van der Waals surface area contributed by atoms with E-state index in [2.05, 4.69) is 9.72 Å². The van der Waals surface area contributed by atoms with Gasteiger partial charge >= 0.3 is 12.1 Å². The van der Waals surface area contributed by atoms with Crippen LogP contribution >= 0.6 is 0 Å². The lowest BCUT2D eigenvalue weighted by atomic mass is 10.1. The SMILES string of the molecule is COC(=O)N1CC(n2cc(C(=O)O)c(=O)c3cccnc32)C1. The van der Waals surface area contributed by atoms with Gasteiger partial charge in [-0.1, -0.05) is 0 Å². The van der Waals surface area contributed by atoms with E-state index < -0.39 is 17.5 Å².